The molecular formula is C23H20F2N4O. The first-order valence-corrected chi connectivity index (χ1v) is 9.41. The summed E-state index contributed by atoms with van der Waals surface area (Å²) in [7, 11) is 0. The molecule has 2 heterocycles. The van der Waals surface area contributed by atoms with E-state index >= 15 is 0 Å². The minimum Gasteiger partial charge on any atom is -0.436 e. The zero-order valence-electron chi connectivity index (χ0n) is 16.8. The van der Waals surface area contributed by atoms with Crippen LogP contribution in [0.4, 0.5) is 8.78 Å². The van der Waals surface area contributed by atoms with Gasteiger partial charge in [0.25, 0.3) is 11.8 Å². The molecule has 30 heavy (non-hydrogen) atoms. The number of aromatic nitrogens is 4. The van der Waals surface area contributed by atoms with Gasteiger partial charge in [-0.15, -0.1) is 0 Å². The minimum absolute atomic E-state index is 0.00687. The van der Waals surface area contributed by atoms with Crippen LogP contribution < -0.4 is 4.74 Å². The molecule has 4 aromatic rings. The largest absolute Gasteiger partial charge is 0.436 e. The molecule has 0 aliphatic heterocycles. The molecule has 5 nitrogen and oxygen atoms in total. The van der Waals surface area contributed by atoms with Crippen molar-refractivity contribution >= 4 is 0 Å². The van der Waals surface area contributed by atoms with Gasteiger partial charge in [-0.25, -0.2) is 14.1 Å². The van der Waals surface area contributed by atoms with Crippen LogP contribution in [0.3, 0.4) is 0 Å². The SMILES string of the molecule is Cc1ccc(C(C)(C)c2ccc(Oc3nc(-n4cc(F)cn4)ncc3F)cc2)cc1. The van der Waals surface area contributed by atoms with Gasteiger partial charge >= 0.3 is 0 Å². The Morgan fingerprint density at radius 1 is 0.900 bits per heavy atom. The molecule has 0 saturated carbocycles. The third kappa shape index (κ3) is 3.91. The second-order valence-corrected chi connectivity index (χ2v) is 7.54. The first-order valence-electron chi connectivity index (χ1n) is 9.41. The number of aryl methyl sites for hydroxylation is 1. The maximum Gasteiger partial charge on any atom is 0.260 e. The molecule has 0 aliphatic carbocycles. The second kappa shape index (κ2) is 7.67. The highest BCUT2D eigenvalue weighted by molar-refractivity contribution is 5.41. The van der Waals surface area contributed by atoms with Gasteiger partial charge in [0.15, 0.2) is 5.82 Å². The van der Waals surface area contributed by atoms with Crippen LogP contribution in [0.5, 0.6) is 11.6 Å². The molecule has 0 spiro atoms. The molecule has 0 saturated heterocycles. The number of ether oxygens (including phenoxy) is 1. The van der Waals surface area contributed by atoms with Gasteiger partial charge < -0.3 is 4.74 Å². The van der Waals surface area contributed by atoms with Crippen molar-refractivity contribution in [2.75, 3.05) is 0 Å². The zero-order chi connectivity index (χ0) is 21.3. The fourth-order valence-corrected chi connectivity index (χ4v) is 3.12. The number of nitrogens with zero attached hydrogens (tertiary/aromatic N) is 4. The summed E-state index contributed by atoms with van der Waals surface area (Å²) in [4.78, 5) is 7.82. The molecular weight excluding hydrogens is 386 g/mol. The van der Waals surface area contributed by atoms with Crippen LogP contribution in [-0.2, 0) is 5.41 Å². The van der Waals surface area contributed by atoms with Crippen LogP contribution in [0.25, 0.3) is 5.95 Å². The molecule has 7 heteroatoms. The summed E-state index contributed by atoms with van der Waals surface area (Å²) in [6, 6.07) is 15.8. The van der Waals surface area contributed by atoms with Gasteiger partial charge in [-0.2, -0.15) is 14.5 Å². The van der Waals surface area contributed by atoms with Gasteiger partial charge in [0.05, 0.1) is 18.6 Å². The van der Waals surface area contributed by atoms with E-state index in [1.54, 1.807) is 12.1 Å². The number of hydrogen-bond acceptors (Lipinski definition) is 4. The van der Waals surface area contributed by atoms with Gasteiger partial charge in [-0.3, -0.25) is 0 Å². The fourth-order valence-electron chi connectivity index (χ4n) is 3.12. The molecule has 0 atom stereocenters. The maximum atomic E-state index is 14.1. The van der Waals surface area contributed by atoms with E-state index in [1.165, 1.54) is 11.1 Å². The van der Waals surface area contributed by atoms with E-state index in [1.807, 2.05) is 12.1 Å². The van der Waals surface area contributed by atoms with Crippen LogP contribution in [0.2, 0.25) is 0 Å². The number of benzene rings is 2. The number of halogens is 2. The third-order valence-corrected chi connectivity index (χ3v) is 5.02. The van der Waals surface area contributed by atoms with Gasteiger partial charge in [0.1, 0.15) is 5.75 Å². The van der Waals surface area contributed by atoms with Crippen LogP contribution in [0.1, 0.15) is 30.5 Å². The predicted molar refractivity (Wildman–Crippen MR) is 109 cm³/mol. The van der Waals surface area contributed by atoms with Gasteiger partial charge in [0, 0.05) is 5.41 Å². The standard InChI is InChI=1S/C23H20F2N4O/c1-15-4-6-16(7-5-15)23(2,3)17-8-10-19(11-9-17)30-21-20(25)13-26-22(28-21)29-14-18(24)12-27-29/h4-14H,1-3H3. The second-order valence-electron chi connectivity index (χ2n) is 7.54. The lowest BCUT2D eigenvalue weighted by molar-refractivity contribution is 0.417. The van der Waals surface area contributed by atoms with E-state index in [9.17, 15) is 8.78 Å². The van der Waals surface area contributed by atoms with E-state index in [0.29, 0.717) is 5.75 Å². The number of hydrogen-bond donors (Lipinski definition) is 0. The lowest BCUT2D eigenvalue weighted by Crippen LogP contribution is -2.18. The molecule has 0 amide bonds. The molecule has 2 aromatic carbocycles. The smallest absolute Gasteiger partial charge is 0.260 e. The van der Waals surface area contributed by atoms with E-state index in [4.69, 9.17) is 4.74 Å². The summed E-state index contributed by atoms with van der Waals surface area (Å²) in [5, 5.41) is 3.78. The van der Waals surface area contributed by atoms with Crippen molar-refractivity contribution in [1.29, 1.82) is 0 Å². The summed E-state index contributed by atoms with van der Waals surface area (Å²) < 4.78 is 34.0. The molecule has 152 valence electrons. The quantitative estimate of drug-likeness (QED) is 0.447. The van der Waals surface area contributed by atoms with Crippen LogP contribution in [0.15, 0.2) is 67.1 Å². The highest BCUT2D eigenvalue weighted by atomic mass is 19.1. The van der Waals surface area contributed by atoms with Crippen molar-refractivity contribution in [2.45, 2.75) is 26.2 Å². The van der Waals surface area contributed by atoms with Crippen molar-refractivity contribution < 1.29 is 13.5 Å². The van der Waals surface area contributed by atoms with Crippen molar-refractivity contribution in [3.05, 3.63) is 95.4 Å². The molecule has 0 fully saturated rings. The van der Waals surface area contributed by atoms with Crippen LogP contribution in [0, 0.1) is 18.6 Å². The molecule has 0 bridgehead atoms. The summed E-state index contributed by atoms with van der Waals surface area (Å²) in [5.41, 5.74) is 3.29. The predicted octanol–water partition coefficient (Wildman–Crippen LogP) is 5.37. The molecule has 4 rings (SSSR count). The van der Waals surface area contributed by atoms with Crippen molar-refractivity contribution in [3.63, 3.8) is 0 Å². The lowest BCUT2D eigenvalue weighted by Gasteiger charge is -2.26. The Bertz CT molecular complexity index is 1170. The first-order chi connectivity index (χ1) is 14.3. The average Bonchev–Trinajstić information content (AvgIpc) is 3.17. The first kappa shape index (κ1) is 19.7. The monoisotopic (exact) mass is 406 g/mol. The summed E-state index contributed by atoms with van der Waals surface area (Å²) >= 11 is 0. The Hall–Kier alpha value is -3.61. The average molecular weight is 406 g/mol. The van der Waals surface area contributed by atoms with Gasteiger partial charge in [-0.1, -0.05) is 55.8 Å². The van der Waals surface area contributed by atoms with Crippen LogP contribution >= 0.6 is 0 Å². The summed E-state index contributed by atoms with van der Waals surface area (Å²) in [6.07, 6.45) is 3.08. The molecule has 0 aliphatic rings. The Morgan fingerprint density at radius 3 is 2.13 bits per heavy atom. The molecule has 0 unspecified atom stereocenters. The Balaban J connectivity index is 1.57. The molecule has 0 radical (unpaired) electrons. The van der Waals surface area contributed by atoms with Crippen molar-refractivity contribution in [1.82, 2.24) is 19.7 Å². The van der Waals surface area contributed by atoms with E-state index in [-0.39, 0.29) is 17.2 Å². The molecule has 2 aromatic heterocycles. The minimum atomic E-state index is -0.726. The van der Waals surface area contributed by atoms with Gasteiger partial charge in [0.2, 0.25) is 5.82 Å². The van der Waals surface area contributed by atoms with E-state index in [0.717, 1.165) is 28.8 Å². The highest BCUT2D eigenvalue weighted by Crippen LogP contribution is 2.33. The van der Waals surface area contributed by atoms with E-state index in [2.05, 4.69) is 60.1 Å². The third-order valence-electron chi connectivity index (χ3n) is 5.02. The zero-order valence-corrected chi connectivity index (χ0v) is 16.8. The Morgan fingerprint density at radius 2 is 1.53 bits per heavy atom. The van der Waals surface area contributed by atoms with Crippen molar-refractivity contribution in [2.24, 2.45) is 0 Å². The van der Waals surface area contributed by atoms with Crippen LogP contribution in [-0.4, -0.2) is 19.7 Å². The van der Waals surface area contributed by atoms with E-state index < -0.39 is 11.6 Å². The van der Waals surface area contributed by atoms with Gasteiger partial charge in [-0.05, 0) is 30.2 Å². The molecule has 0 N–H and O–H groups in total. The lowest BCUT2D eigenvalue weighted by atomic mass is 9.78. The number of rotatable bonds is 5. The van der Waals surface area contributed by atoms with Crippen molar-refractivity contribution in [3.8, 4) is 17.6 Å². The Kier molecular flexibility index (Phi) is 5.03. The topological polar surface area (TPSA) is 52.8 Å². The highest BCUT2D eigenvalue weighted by Gasteiger charge is 2.23. The summed E-state index contributed by atoms with van der Waals surface area (Å²) in [6.45, 7) is 6.35. The fraction of sp³-hybridized carbons (Fsp3) is 0.174. The Labute approximate surface area is 173 Å². The normalized spacial score (nSPS) is 11.5. The maximum absolute atomic E-state index is 14.1. The summed E-state index contributed by atoms with van der Waals surface area (Å²) in [5.74, 6) is -1.10.